The molecule has 2 saturated heterocycles. The van der Waals surface area contributed by atoms with Crippen molar-refractivity contribution in [2.45, 2.75) is 48.7 Å². The van der Waals surface area contributed by atoms with Crippen LogP contribution in [-0.2, 0) is 19.0 Å². The predicted octanol–water partition coefficient (Wildman–Crippen LogP) is -5.19. The summed E-state index contributed by atoms with van der Waals surface area (Å²) in [6.45, 7) is -2.43. The standard InChI is InChI=1S/C12H20O11/c13-1-4-6(16)8(18)9(19)11(21-4)23-12(3-15)10(20)7(17)5(2-14)22-12/h4-7,9-11,13-17,19-20H,1-3H2/t4?,5-,6+,7?,9?,10+,11+,12-/m0/s1. The Hall–Kier alpha value is -0.730. The van der Waals surface area contributed by atoms with Crippen molar-refractivity contribution in [2.75, 3.05) is 19.8 Å². The van der Waals surface area contributed by atoms with E-state index < -0.39 is 74.3 Å². The van der Waals surface area contributed by atoms with Crippen molar-refractivity contribution in [2.24, 2.45) is 0 Å². The van der Waals surface area contributed by atoms with Gasteiger partial charge in [0.05, 0.1) is 13.2 Å². The molecule has 0 bridgehead atoms. The van der Waals surface area contributed by atoms with Crippen molar-refractivity contribution >= 4 is 5.78 Å². The minimum Gasteiger partial charge on any atom is -0.394 e. The minimum absolute atomic E-state index is 0.686. The minimum atomic E-state index is -2.26. The maximum absolute atomic E-state index is 11.7. The number of ether oxygens (including phenoxy) is 3. The highest BCUT2D eigenvalue weighted by Crippen LogP contribution is 2.35. The molecule has 0 aliphatic carbocycles. The third kappa shape index (κ3) is 3.13. The molecule has 11 nitrogen and oxygen atoms in total. The van der Waals surface area contributed by atoms with Crippen LogP contribution in [0.1, 0.15) is 0 Å². The third-order valence-electron chi connectivity index (χ3n) is 3.90. The van der Waals surface area contributed by atoms with E-state index in [-0.39, 0.29) is 0 Å². The van der Waals surface area contributed by atoms with E-state index in [1.807, 2.05) is 0 Å². The molecule has 0 radical (unpaired) electrons. The van der Waals surface area contributed by atoms with E-state index in [2.05, 4.69) is 0 Å². The molecule has 2 fully saturated rings. The van der Waals surface area contributed by atoms with Crippen molar-refractivity contribution in [3.63, 3.8) is 0 Å². The predicted molar refractivity (Wildman–Crippen MR) is 67.6 cm³/mol. The molecule has 0 aromatic carbocycles. The summed E-state index contributed by atoms with van der Waals surface area (Å²) in [5, 5.41) is 66.6. The highest BCUT2D eigenvalue weighted by Gasteiger charge is 2.58. The normalized spacial score (nSPS) is 48.0. The molecule has 7 N–H and O–H groups in total. The number of hydrogen-bond donors (Lipinski definition) is 7. The Labute approximate surface area is 130 Å². The van der Waals surface area contributed by atoms with Crippen molar-refractivity contribution in [3.05, 3.63) is 0 Å². The van der Waals surface area contributed by atoms with Gasteiger partial charge in [-0.25, -0.2) is 0 Å². The molecule has 0 amide bonds. The Balaban J connectivity index is 2.19. The average molecular weight is 340 g/mol. The van der Waals surface area contributed by atoms with E-state index in [9.17, 15) is 30.3 Å². The summed E-state index contributed by atoms with van der Waals surface area (Å²) in [6, 6.07) is 0. The van der Waals surface area contributed by atoms with E-state index in [0.717, 1.165) is 0 Å². The first kappa shape index (κ1) is 18.6. The summed E-state index contributed by atoms with van der Waals surface area (Å²) in [7, 11) is 0. The van der Waals surface area contributed by atoms with Crippen LogP contribution in [-0.4, -0.2) is 110 Å². The number of rotatable bonds is 5. The number of aliphatic hydroxyl groups excluding tert-OH is 7. The van der Waals surface area contributed by atoms with E-state index in [4.69, 9.17) is 24.4 Å². The van der Waals surface area contributed by atoms with E-state index in [0.29, 0.717) is 0 Å². The molecule has 3 unspecified atom stereocenters. The van der Waals surface area contributed by atoms with Crippen LogP contribution in [0.15, 0.2) is 0 Å². The van der Waals surface area contributed by atoms with Crippen molar-refractivity contribution in [3.8, 4) is 0 Å². The van der Waals surface area contributed by atoms with Gasteiger partial charge in [0, 0.05) is 0 Å². The second-order valence-electron chi connectivity index (χ2n) is 5.38. The zero-order valence-corrected chi connectivity index (χ0v) is 11.9. The van der Waals surface area contributed by atoms with Crippen LogP contribution in [0.5, 0.6) is 0 Å². The molecule has 0 spiro atoms. The highest BCUT2D eigenvalue weighted by molar-refractivity contribution is 5.88. The molecule has 2 aliphatic heterocycles. The first-order chi connectivity index (χ1) is 10.8. The van der Waals surface area contributed by atoms with Crippen molar-refractivity contribution < 1.29 is 54.8 Å². The maximum Gasteiger partial charge on any atom is 0.224 e. The van der Waals surface area contributed by atoms with Gasteiger partial charge in [0.15, 0.2) is 18.2 Å². The number of Topliss-reactive ketones (excluding diaryl/α,β-unsaturated/α-hetero) is 1. The van der Waals surface area contributed by atoms with Crippen LogP contribution in [0, 0.1) is 0 Å². The largest absolute Gasteiger partial charge is 0.394 e. The summed E-state index contributed by atoms with van der Waals surface area (Å²) in [5.41, 5.74) is 0. The first-order valence-corrected chi connectivity index (χ1v) is 6.91. The van der Waals surface area contributed by atoms with Gasteiger partial charge in [0.2, 0.25) is 5.79 Å². The maximum atomic E-state index is 11.7. The van der Waals surface area contributed by atoms with E-state index in [1.54, 1.807) is 0 Å². The van der Waals surface area contributed by atoms with E-state index >= 15 is 0 Å². The summed E-state index contributed by atoms with van der Waals surface area (Å²) in [5.74, 6) is -3.35. The fourth-order valence-corrected chi connectivity index (χ4v) is 2.52. The zero-order valence-electron chi connectivity index (χ0n) is 11.9. The van der Waals surface area contributed by atoms with Gasteiger partial charge in [0.25, 0.3) is 0 Å². The molecule has 0 aromatic rings. The fraction of sp³-hybridized carbons (Fsp3) is 0.917. The molecule has 2 aliphatic rings. The van der Waals surface area contributed by atoms with Crippen molar-refractivity contribution in [1.29, 1.82) is 0 Å². The number of hydrogen-bond acceptors (Lipinski definition) is 11. The second-order valence-corrected chi connectivity index (χ2v) is 5.38. The van der Waals surface area contributed by atoms with Crippen LogP contribution in [0.4, 0.5) is 0 Å². The van der Waals surface area contributed by atoms with Gasteiger partial charge < -0.3 is 50.0 Å². The van der Waals surface area contributed by atoms with Gasteiger partial charge in [0.1, 0.15) is 37.1 Å². The van der Waals surface area contributed by atoms with Crippen LogP contribution >= 0.6 is 0 Å². The lowest BCUT2D eigenvalue weighted by atomic mass is 10.0. The van der Waals surface area contributed by atoms with Gasteiger partial charge in [-0.1, -0.05) is 0 Å². The number of carbonyl (C=O) groups excluding carboxylic acids is 1. The molecular formula is C12H20O11. The number of ketones is 1. The number of aliphatic hydroxyl groups is 7. The van der Waals surface area contributed by atoms with E-state index in [1.165, 1.54) is 0 Å². The number of carbonyl (C=O) groups is 1. The lowest BCUT2D eigenvalue weighted by Gasteiger charge is -2.40. The van der Waals surface area contributed by atoms with Gasteiger partial charge in [-0.15, -0.1) is 0 Å². The van der Waals surface area contributed by atoms with Crippen molar-refractivity contribution in [1.82, 2.24) is 0 Å². The molecule has 11 heteroatoms. The second kappa shape index (κ2) is 7.03. The Morgan fingerprint density at radius 2 is 1.61 bits per heavy atom. The highest BCUT2D eigenvalue weighted by atomic mass is 16.8. The summed E-state index contributed by atoms with van der Waals surface area (Å²) in [4.78, 5) is 11.7. The van der Waals surface area contributed by atoms with Gasteiger partial charge >= 0.3 is 0 Å². The van der Waals surface area contributed by atoms with Gasteiger partial charge in [-0.2, -0.15) is 0 Å². The fourth-order valence-electron chi connectivity index (χ4n) is 2.52. The average Bonchev–Trinajstić information content (AvgIpc) is 2.80. The molecule has 8 atom stereocenters. The van der Waals surface area contributed by atoms with Crippen LogP contribution in [0.2, 0.25) is 0 Å². The topological polar surface area (TPSA) is 186 Å². The molecular weight excluding hydrogens is 320 g/mol. The van der Waals surface area contributed by atoms with Crippen LogP contribution in [0.25, 0.3) is 0 Å². The molecule has 0 saturated carbocycles. The first-order valence-electron chi connectivity index (χ1n) is 6.91. The van der Waals surface area contributed by atoms with Crippen LogP contribution in [0.3, 0.4) is 0 Å². The molecule has 2 heterocycles. The molecule has 23 heavy (non-hydrogen) atoms. The lowest BCUT2D eigenvalue weighted by molar-refractivity contribution is -0.363. The Kier molecular flexibility index (Phi) is 5.68. The molecule has 2 rings (SSSR count). The smallest absolute Gasteiger partial charge is 0.224 e. The summed E-state index contributed by atoms with van der Waals surface area (Å²) in [6.07, 6.45) is -11.6. The Morgan fingerprint density at radius 3 is 2.09 bits per heavy atom. The SMILES string of the molecule is O=C1C(O)[C@@H](O[C@]2(CO)O[C@@H](CO)C(O)[C@H]2O)OC(CO)[C@H]1O. The Morgan fingerprint density at radius 1 is 1.00 bits per heavy atom. The lowest BCUT2D eigenvalue weighted by Crippen LogP contribution is -2.61. The Bertz CT molecular complexity index is 431. The van der Waals surface area contributed by atoms with Gasteiger partial charge in [-0.05, 0) is 0 Å². The summed E-state index contributed by atoms with van der Waals surface area (Å²) >= 11 is 0. The zero-order chi connectivity index (χ0) is 17.4. The molecule has 0 aromatic heterocycles. The van der Waals surface area contributed by atoms with Gasteiger partial charge in [-0.3, -0.25) is 4.79 Å². The quantitative estimate of drug-likeness (QED) is 0.253. The van der Waals surface area contributed by atoms with Crippen LogP contribution < -0.4 is 0 Å². The molecule has 134 valence electrons. The third-order valence-corrected chi connectivity index (χ3v) is 3.90. The monoisotopic (exact) mass is 340 g/mol. The summed E-state index contributed by atoms with van der Waals surface area (Å²) < 4.78 is 15.3.